The summed E-state index contributed by atoms with van der Waals surface area (Å²) in [4.78, 5) is 13.9. The van der Waals surface area contributed by atoms with Crippen molar-refractivity contribution in [3.05, 3.63) is 46.8 Å². The van der Waals surface area contributed by atoms with Gasteiger partial charge in [-0.25, -0.2) is 4.79 Å². The lowest BCUT2D eigenvalue weighted by molar-refractivity contribution is 0.0601. The fraction of sp³-hybridized carbons (Fsp3) is 0.154. The number of esters is 1. The number of hydrogen-bond donors (Lipinski definition) is 0. The monoisotopic (exact) mass is 232 g/mol. The summed E-state index contributed by atoms with van der Waals surface area (Å²) in [6.07, 6.45) is 0. The van der Waals surface area contributed by atoms with E-state index in [1.807, 2.05) is 30.3 Å². The molecule has 0 fully saturated rings. The van der Waals surface area contributed by atoms with Gasteiger partial charge in [-0.05, 0) is 25.1 Å². The van der Waals surface area contributed by atoms with E-state index in [-0.39, 0.29) is 5.97 Å². The Bertz CT molecular complexity index is 514. The highest BCUT2D eigenvalue weighted by atomic mass is 32.1. The number of rotatable bonds is 2. The van der Waals surface area contributed by atoms with Gasteiger partial charge in [0.15, 0.2) is 0 Å². The van der Waals surface area contributed by atoms with Gasteiger partial charge in [0, 0.05) is 15.3 Å². The van der Waals surface area contributed by atoms with Gasteiger partial charge in [-0.15, -0.1) is 11.3 Å². The van der Waals surface area contributed by atoms with Crippen molar-refractivity contribution in [2.45, 2.75) is 6.92 Å². The molecule has 0 aliphatic heterocycles. The Morgan fingerprint density at radius 2 is 1.94 bits per heavy atom. The topological polar surface area (TPSA) is 26.3 Å². The minimum Gasteiger partial charge on any atom is -0.465 e. The van der Waals surface area contributed by atoms with Gasteiger partial charge in [0.05, 0.1) is 12.7 Å². The first-order chi connectivity index (χ1) is 7.72. The molecule has 82 valence electrons. The maximum atomic E-state index is 11.6. The lowest BCUT2D eigenvalue weighted by Gasteiger charge is -2.05. The molecule has 0 amide bonds. The first-order valence-electron chi connectivity index (χ1n) is 4.96. The Morgan fingerprint density at radius 3 is 2.56 bits per heavy atom. The van der Waals surface area contributed by atoms with Crippen molar-refractivity contribution >= 4 is 17.3 Å². The second kappa shape index (κ2) is 4.49. The molecule has 0 atom stereocenters. The van der Waals surface area contributed by atoms with Crippen molar-refractivity contribution in [1.82, 2.24) is 0 Å². The van der Waals surface area contributed by atoms with Gasteiger partial charge in [-0.2, -0.15) is 0 Å². The predicted molar refractivity (Wildman–Crippen MR) is 65.8 cm³/mol. The molecule has 0 bridgehead atoms. The maximum Gasteiger partial charge on any atom is 0.338 e. The standard InChI is InChI=1S/C13H12O2S/c1-9-7-8-12(16-9)10-5-3-4-6-11(10)13(14)15-2/h3-8H,1-2H3. The molecular formula is C13H12O2S. The molecule has 0 aliphatic rings. The van der Waals surface area contributed by atoms with E-state index in [2.05, 4.69) is 6.92 Å². The minimum atomic E-state index is -0.290. The molecule has 0 saturated carbocycles. The van der Waals surface area contributed by atoms with Crippen LogP contribution in [-0.4, -0.2) is 13.1 Å². The lowest BCUT2D eigenvalue weighted by atomic mass is 10.1. The van der Waals surface area contributed by atoms with Crippen LogP contribution in [-0.2, 0) is 4.74 Å². The van der Waals surface area contributed by atoms with Gasteiger partial charge in [-0.3, -0.25) is 0 Å². The largest absolute Gasteiger partial charge is 0.465 e. The molecule has 0 radical (unpaired) electrons. The van der Waals surface area contributed by atoms with Crippen LogP contribution in [0.2, 0.25) is 0 Å². The number of benzene rings is 1. The molecular weight excluding hydrogens is 220 g/mol. The summed E-state index contributed by atoms with van der Waals surface area (Å²) in [5.41, 5.74) is 1.55. The third-order valence-corrected chi connectivity index (χ3v) is 3.37. The van der Waals surface area contributed by atoms with Gasteiger partial charge >= 0.3 is 5.97 Å². The van der Waals surface area contributed by atoms with Gasteiger partial charge < -0.3 is 4.74 Å². The number of carbonyl (C=O) groups excluding carboxylic acids is 1. The Morgan fingerprint density at radius 1 is 1.19 bits per heavy atom. The van der Waals surface area contributed by atoms with E-state index in [0.717, 1.165) is 10.4 Å². The number of carbonyl (C=O) groups is 1. The third kappa shape index (κ3) is 1.99. The zero-order valence-electron chi connectivity index (χ0n) is 9.19. The fourth-order valence-electron chi connectivity index (χ4n) is 1.57. The molecule has 0 saturated heterocycles. The van der Waals surface area contributed by atoms with E-state index in [0.29, 0.717) is 5.56 Å². The van der Waals surface area contributed by atoms with E-state index in [1.165, 1.54) is 12.0 Å². The van der Waals surface area contributed by atoms with Crippen LogP contribution in [0.5, 0.6) is 0 Å². The highest BCUT2D eigenvalue weighted by Crippen LogP contribution is 2.30. The average Bonchev–Trinajstić information content (AvgIpc) is 2.75. The third-order valence-electron chi connectivity index (χ3n) is 2.34. The Labute approximate surface area is 98.5 Å². The molecule has 2 nitrogen and oxygen atoms in total. The number of hydrogen-bond acceptors (Lipinski definition) is 3. The summed E-state index contributed by atoms with van der Waals surface area (Å²) >= 11 is 1.68. The summed E-state index contributed by atoms with van der Waals surface area (Å²) in [6, 6.07) is 11.6. The maximum absolute atomic E-state index is 11.6. The fourth-order valence-corrected chi connectivity index (χ4v) is 2.47. The summed E-state index contributed by atoms with van der Waals surface area (Å²) < 4.78 is 4.77. The van der Waals surface area contributed by atoms with Crippen molar-refractivity contribution in [1.29, 1.82) is 0 Å². The number of ether oxygens (including phenoxy) is 1. The van der Waals surface area contributed by atoms with Crippen LogP contribution in [0.25, 0.3) is 10.4 Å². The van der Waals surface area contributed by atoms with Crippen LogP contribution in [0.1, 0.15) is 15.2 Å². The van der Waals surface area contributed by atoms with E-state index >= 15 is 0 Å². The molecule has 0 aliphatic carbocycles. The molecule has 1 heterocycles. The van der Waals surface area contributed by atoms with E-state index < -0.39 is 0 Å². The minimum absolute atomic E-state index is 0.290. The molecule has 0 unspecified atom stereocenters. The van der Waals surface area contributed by atoms with Crippen LogP contribution in [0, 0.1) is 6.92 Å². The summed E-state index contributed by atoms with van der Waals surface area (Å²) in [5.74, 6) is -0.290. The van der Waals surface area contributed by atoms with Crippen LogP contribution < -0.4 is 0 Å². The Kier molecular flexibility index (Phi) is 3.06. The summed E-state index contributed by atoms with van der Waals surface area (Å²) in [5, 5.41) is 0. The van der Waals surface area contributed by atoms with Crippen molar-refractivity contribution in [2.24, 2.45) is 0 Å². The number of thiophene rings is 1. The quantitative estimate of drug-likeness (QED) is 0.741. The molecule has 1 aromatic heterocycles. The molecule has 2 aromatic rings. The molecule has 3 heteroatoms. The number of methoxy groups -OCH3 is 1. The molecule has 16 heavy (non-hydrogen) atoms. The zero-order chi connectivity index (χ0) is 11.5. The highest BCUT2D eigenvalue weighted by Gasteiger charge is 2.13. The normalized spacial score (nSPS) is 10.1. The highest BCUT2D eigenvalue weighted by molar-refractivity contribution is 7.15. The van der Waals surface area contributed by atoms with Crippen LogP contribution in [0.3, 0.4) is 0 Å². The average molecular weight is 232 g/mol. The Balaban J connectivity index is 2.52. The van der Waals surface area contributed by atoms with Crippen LogP contribution in [0.4, 0.5) is 0 Å². The van der Waals surface area contributed by atoms with Gasteiger partial charge in [0.25, 0.3) is 0 Å². The van der Waals surface area contributed by atoms with Crippen LogP contribution in [0.15, 0.2) is 36.4 Å². The van der Waals surface area contributed by atoms with Crippen molar-refractivity contribution in [2.75, 3.05) is 7.11 Å². The SMILES string of the molecule is COC(=O)c1ccccc1-c1ccc(C)s1. The van der Waals surface area contributed by atoms with Crippen molar-refractivity contribution in [3.8, 4) is 10.4 Å². The first-order valence-corrected chi connectivity index (χ1v) is 5.78. The smallest absolute Gasteiger partial charge is 0.338 e. The van der Waals surface area contributed by atoms with E-state index in [1.54, 1.807) is 17.4 Å². The lowest BCUT2D eigenvalue weighted by Crippen LogP contribution is -2.02. The summed E-state index contributed by atoms with van der Waals surface area (Å²) in [7, 11) is 1.40. The van der Waals surface area contributed by atoms with Gasteiger partial charge in [0.1, 0.15) is 0 Å². The molecule has 1 aromatic carbocycles. The van der Waals surface area contributed by atoms with Crippen molar-refractivity contribution in [3.63, 3.8) is 0 Å². The number of aryl methyl sites for hydroxylation is 1. The van der Waals surface area contributed by atoms with E-state index in [4.69, 9.17) is 4.74 Å². The first kappa shape index (κ1) is 10.9. The molecule has 2 rings (SSSR count). The predicted octanol–water partition coefficient (Wildman–Crippen LogP) is 3.51. The van der Waals surface area contributed by atoms with Crippen molar-refractivity contribution < 1.29 is 9.53 Å². The molecule has 0 N–H and O–H groups in total. The van der Waals surface area contributed by atoms with Crippen LogP contribution >= 0.6 is 11.3 Å². The van der Waals surface area contributed by atoms with Gasteiger partial charge in [0.2, 0.25) is 0 Å². The zero-order valence-corrected chi connectivity index (χ0v) is 10.0. The Hall–Kier alpha value is -1.61. The summed E-state index contributed by atoms with van der Waals surface area (Å²) in [6.45, 7) is 2.05. The second-order valence-corrected chi connectivity index (χ2v) is 4.74. The second-order valence-electron chi connectivity index (χ2n) is 3.45. The van der Waals surface area contributed by atoms with Gasteiger partial charge in [-0.1, -0.05) is 18.2 Å². The molecule has 0 spiro atoms. The van der Waals surface area contributed by atoms with E-state index in [9.17, 15) is 4.79 Å².